The summed E-state index contributed by atoms with van der Waals surface area (Å²) in [5.41, 5.74) is 1.90. The Morgan fingerprint density at radius 1 is 1.06 bits per heavy atom. The van der Waals surface area contributed by atoms with Gasteiger partial charge in [-0.3, -0.25) is 0 Å². The number of methoxy groups -OCH3 is 2. The van der Waals surface area contributed by atoms with Crippen molar-refractivity contribution in [1.29, 1.82) is 0 Å². The molecule has 1 radical (unpaired) electrons. The molecule has 0 heterocycles. The Balaban J connectivity index is 2.56. The third-order valence-electron chi connectivity index (χ3n) is 2.52. The first-order valence-corrected chi connectivity index (χ1v) is 5.17. The highest BCUT2D eigenvalue weighted by Gasteiger charge is 2.11. The van der Waals surface area contributed by atoms with Crippen LogP contribution in [0.4, 0.5) is 0 Å². The molecule has 0 bridgehead atoms. The van der Waals surface area contributed by atoms with Crippen molar-refractivity contribution < 1.29 is 14.6 Å². The summed E-state index contributed by atoms with van der Waals surface area (Å²) in [7, 11) is 3.02. The molecular formula is C14H13O3. The predicted molar refractivity (Wildman–Crippen MR) is 65.5 cm³/mol. The Morgan fingerprint density at radius 2 is 1.71 bits per heavy atom. The van der Waals surface area contributed by atoms with E-state index >= 15 is 0 Å². The van der Waals surface area contributed by atoms with E-state index in [1.165, 1.54) is 14.2 Å². The van der Waals surface area contributed by atoms with Gasteiger partial charge in [0, 0.05) is 0 Å². The van der Waals surface area contributed by atoms with Crippen LogP contribution in [-0.4, -0.2) is 19.3 Å². The highest BCUT2D eigenvalue weighted by molar-refractivity contribution is 5.70. The minimum atomic E-state index is 0.0126. The van der Waals surface area contributed by atoms with Crippen molar-refractivity contribution in [3.8, 4) is 28.4 Å². The third-order valence-corrected chi connectivity index (χ3v) is 2.52. The van der Waals surface area contributed by atoms with Crippen molar-refractivity contribution in [1.82, 2.24) is 0 Å². The highest BCUT2D eigenvalue weighted by atomic mass is 16.5. The molecule has 3 nitrogen and oxygen atoms in total. The number of benzene rings is 2. The summed E-state index contributed by atoms with van der Waals surface area (Å²) >= 11 is 0. The van der Waals surface area contributed by atoms with Gasteiger partial charge in [0.15, 0.2) is 11.5 Å². The number of hydrogen-bond donors (Lipinski definition) is 1. The lowest BCUT2D eigenvalue weighted by Crippen LogP contribution is -1.90. The van der Waals surface area contributed by atoms with E-state index in [1.807, 2.05) is 24.3 Å². The van der Waals surface area contributed by atoms with Crippen molar-refractivity contribution in [2.24, 2.45) is 0 Å². The Hall–Kier alpha value is -2.16. The molecule has 1 N–H and O–H groups in total. The molecule has 0 spiro atoms. The van der Waals surface area contributed by atoms with Gasteiger partial charge in [-0.1, -0.05) is 18.2 Å². The second kappa shape index (κ2) is 4.78. The van der Waals surface area contributed by atoms with E-state index in [1.54, 1.807) is 12.1 Å². The number of phenolic OH excluding ortho intramolecular Hbond substituents is 1. The highest BCUT2D eigenvalue weighted by Crippen LogP contribution is 2.40. The second-order valence-electron chi connectivity index (χ2n) is 3.52. The van der Waals surface area contributed by atoms with Crippen molar-refractivity contribution in [3.63, 3.8) is 0 Å². The molecule has 0 atom stereocenters. The molecule has 0 unspecified atom stereocenters. The van der Waals surface area contributed by atoms with Crippen LogP contribution in [-0.2, 0) is 0 Å². The fourth-order valence-electron chi connectivity index (χ4n) is 1.63. The number of ether oxygens (including phenoxy) is 2. The summed E-state index contributed by atoms with van der Waals surface area (Å²) in [6.07, 6.45) is 0. The van der Waals surface area contributed by atoms with Crippen LogP contribution in [0.25, 0.3) is 11.1 Å². The van der Waals surface area contributed by atoms with Gasteiger partial charge in [-0.2, -0.15) is 0 Å². The van der Waals surface area contributed by atoms with Crippen LogP contribution in [0.3, 0.4) is 0 Å². The predicted octanol–water partition coefficient (Wildman–Crippen LogP) is 2.88. The lowest BCUT2D eigenvalue weighted by Gasteiger charge is -2.11. The zero-order valence-electron chi connectivity index (χ0n) is 9.73. The average molecular weight is 229 g/mol. The van der Waals surface area contributed by atoms with Gasteiger partial charge in [0.05, 0.1) is 14.2 Å². The van der Waals surface area contributed by atoms with Crippen LogP contribution >= 0.6 is 0 Å². The molecule has 0 aliphatic heterocycles. The molecule has 87 valence electrons. The van der Waals surface area contributed by atoms with Crippen molar-refractivity contribution in [2.75, 3.05) is 14.2 Å². The van der Waals surface area contributed by atoms with Crippen LogP contribution in [0.2, 0.25) is 0 Å². The van der Waals surface area contributed by atoms with E-state index in [0.29, 0.717) is 11.5 Å². The molecule has 0 amide bonds. The van der Waals surface area contributed by atoms with E-state index in [9.17, 15) is 5.11 Å². The minimum absolute atomic E-state index is 0.0126. The number of rotatable bonds is 3. The van der Waals surface area contributed by atoms with E-state index < -0.39 is 0 Å². The zero-order chi connectivity index (χ0) is 12.3. The molecule has 0 aliphatic carbocycles. The fraction of sp³-hybridized carbons (Fsp3) is 0.143. The van der Waals surface area contributed by atoms with Gasteiger partial charge < -0.3 is 14.6 Å². The Bertz CT molecular complexity index is 481. The van der Waals surface area contributed by atoms with E-state index in [2.05, 4.69) is 6.07 Å². The minimum Gasteiger partial charge on any atom is -0.502 e. The SMILES string of the molecule is COc1cc(-c2c[c]ccc2)cc(OC)c1O. The topological polar surface area (TPSA) is 38.7 Å². The molecule has 0 fully saturated rings. The molecule has 2 aromatic carbocycles. The first-order chi connectivity index (χ1) is 8.26. The quantitative estimate of drug-likeness (QED) is 0.879. The summed E-state index contributed by atoms with van der Waals surface area (Å²) in [4.78, 5) is 0. The van der Waals surface area contributed by atoms with Gasteiger partial charge in [0.25, 0.3) is 0 Å². The lowest BCUT2D eigenvalue weighted by atomic mass is 10.0. The molecule has 2 rings (SSSR count). The third kappa shape index (κ3) is 2.18. The van der Waals surface area contributed by atoms with Gasteiger partial charge in [-0.25, -0.2) is 0 Å². The first-order valence-electron chi connectivity index (χ1n) is 5.17. The molecule has 0 aromatic heterocycles. The second-order valence-corrected chi connectivity index (χ2v) is 3.52. The van der Waals surface area contributed by atoms with Crippen molar-refractivity contribution in [2.45, 2.75) is 0 Å². The van der Waals surface area contributed by atoms with Crippen LogP contribution < -0.4 is 9.47 Å². The van der Waals surface area contributed by atoms with E-state index in [0.717, 1.165) is 11.1 Å². The van der Waals surface area contributed by atoms with Crippen LogP contribution in [0.5, 0.6) is 17.2 Å². The Kier molecular flexibility index (Phi) is 3.19. The molecule has 0 aliphatic rings. The maximum Gasteiger partial charge on any atom is 0.200 e. The Labute approximate surface area is 100 Å². The van der Waals surface area contributed by atoms with Gasteiger partial charge in [0.1, 0.15) is 0 Å². The summed E-state index contributed by atoms with van der Waals surface area (Å²) in [6, 6.07) is 14.1. The Morgan fingerprint density at radius 3 is 2.18 bits per heavy atom. The van der Waals surface area contributed by atoms with Gasteiger partial charge in [-0.15, -0.1) is 0 Å². The molecular weight excluding hydrogens is 216 g/mol. The summed E-state index contributed by atoms with van der Waals surface area (Å²) < 4.78 is 10.2. The average Bonchev–Trinajstić information content (AvgIpc) is 2.40. The van der Waals surface area contributed by atoms with Gasteiger partial charge >= 0.3 is 0 Å². The molecule has 2 aromatic rings. The van der Waals surface area contributed by atoms with Crippen LogP contribution in [0.1, 0.15) is 0 Å². The maximum atomic E-state index is 9.80. The smallest absolute Gasteiger partial charge is 0.200 e. The van der Waals surface area contributed by atoms with Crippen molar-refractivity contribution >= 4 is 0 Å². The number of hydrogen-bond acceptors (Lipinski definition) is 3. The van der Waals surface area contributed by atoms with Crippen LogP contribution in [0.15, 0.2) is 36.4 Å². The van der Waals surface area contributed by atoms with Crippen LogP contribution in [0, 0.1) is 6.07 Å². The molecule has 3 heteroatoms. The maximum absolute atomic E-state index is 9.80. The summed E-state index contributed by atoms with van der Waals surface area (Å²) in [6.45, 7) is 0. The summed E-state index contributed by atoms with van der Waals surface area (Å²) in [5, 5.41) is 9.80. The van der Waals surface area contributed by atoms with E-state index in [4.69, 9.17) is 9.47 Å². The first kappa shape index (κ1) is 11.3. The standard InChI is InChI=1S/C14H13O3/c1-16-12-8-11(9-13(17-2)14(12)15)10-6-4-3-5-7-10/h3-4,6-9,15H,1-2H3. The normalized spacial score (nSPS) is 10.0. The molecule has 17 heavy (non-hydrogen) atoms. The molecule has 0 saturated heterocycles. The largest absolute Gasteiger partial charge is 0.502 e. The number of phenols is 1. The van der Waals surface area contributed by atoms with Crippen molar-refractivity contribution in [3.05, 3.63) is 42.5 Å². The van der Waals surface area contributed by atoms with E-state index in [-0.39, 0.29) is 5.75 Å². The monoisotopic (exact) mass is 229 g/mol. The number of aromatic hydroxyl groups is 1. The fourth-order valence-corrected chi connectivity index (χ4v) is 1.63. The lowest BCUT2D eigenvalue weighted by molar-refractivity contribution is 0.340. The molecule has 0 saturated carbocycles. The summed E-state index contributed by atoms with van der Waals surface area (Å²) in [5.74, 6) is 0.796. The van der Waals surface area contributed by atoms with Gasteiger partial charge in [-0.05, 0) is 35.4 Å². The van der Waals surface area contributed by atoms with Gasteiger partial charge in [0.2, 0.25) is 5.75 Å². The zero-order valence-corrected chi connectivity index (χ0v) is 9.73.